The van der Waals surface area contributed by atoms with Crippen LogP contribution in [-0.2, 0) is 6.54 Å². The summed E-state index contributed by atoms with van der Waals surface area (Å²) in [7, 11) is 0. The number of aromatic nitrogens is 3. The molecule has 0 amide bonds. The normalized spacial score (nSPS) is 14.7. The maximum Gasteiger partial charge on any atom is 0.329 e. The van der Waals surface area contributed by atoms with Crippen LogP contribution in [0.1, 0.15) is 11.3 Å². The van der Waals surface area contributed by atoms with Gasteiger partial charge in [-0.25, -0.2) is 14.8 Å². The zero-order valence-electron chi connectivity index (χ0n) is 10.6. The van der Waals surface area contributed by atoms with Crippen LogP contribution in [0.25, 0.3) is 11.6 Å². The molecule has 2 N–H and O–H groups in total. The number of pyridine rings is 1. The van der Waals surface area contributed by atoms with Crippen molar-refractivity contribution in [3.8, 4) is 5.88 Å². The zero-order chi connectivity index (χ0) is 14.1. The van der Waals surface area contributed by atoms with Crippen molar-refractivity contribution in [2.45, 2.75) is 6.54 Å². The predicted octanol–water partition coefficient (Wildman–Crippen LogP) is 1.72. The van der Waals surface area contributed by atoms with Gasteiger partial charge in [-0.2, -0.15) is 0 Å². The third kappa shape index (κ3) is 1.87. The number of H-pyrrole nitrogens is 1. The molecule has 0 saturated carbocycles. The van der Waals surface area contributed by atoms with Crippen molar-refractivity contribution in [2.75, 3.05) is 0 Å². The molecule has 6 heteroatoms. The van der Waals surface area contributed by atoms with E-state index in [1.54, 1.807) is 24.6 Å². The fourth-order valence-corrected chi connectivity index (χ4v) is 2.11. The summed E-state index contributed by atoms with van der Waals surface area (Å²) < 4.78 is 1.40. The van der Waals surface area contributed by atoms with Crippen molar-refractivity contribution >= 4 is 23.7 Å². The first-order chi connectivity index (χ1) is 9.70. The van der Waals surface area contributed by atoms with Gasteiger partial charge in [-0.05, 0) is 18.2 Å². The summed E-state index contributed by atoms with van der Waals surface area (Å²) in [4.78, 5) is 22.4. The molecule has 1 aliphatic heterocycles. The number of hydrogen-bond acceptors (Lipinski definition) is 4. The molecule has 20 heavy (non-hydrogen) atoms. The summed E-state index contributed by atoms with van der Waals surface area (Å²) in [5.74, 6) is 0.460. The van der Waals surface area contributed by atoms with Crippen molar-refractivity contribution in [2.24, 2.45) is 4.99 Å². The molecular formula is C14H12N4O2. The lowest BCUT2D eigenvalue weighted by molar-refractivity contribution is 0.453. The third-order valence-electron chi connectivity index (χ3n) is 3.03. The number of hydrogen-bond donors (Lipinski definition) is 2. The number of nitrogens with one attached hydrogen (secondary N) is 1. The number of rotatable bonds is 3. The predicted molar refractivity (Wildman–Crippen MR) is 77.2 cm³/mol. The van der Waals surface area contributed by atoms with Crippen LogP contribution in [0.15, 0.2) is 40.8 Å². The number of aliphatic imine (C=N–C) groups is 1. The maximum absolute atomic E-state index is 11.7. The van der Waals surface area contributed by atoms with Gasteiger partial charge in [0.05, 0.1) is 0 Å². The summed E-state index contributed by atoms with van der Waals surface area (Å²) in [6.07, 6.45) is 6.62. The van der Waals surface area contributed by atoms with Gasteiger partial charge in [-0.15, -0.1) is 6.58 Å². The minimum atomic E-state index is -0.379. The van der Waals surface area contributed by atoms with E-state index in [4.69, 9.17) is 0 Å². The van der Waals surface area contributed by atoms with Crippen LogP contribution in [0.5, 0.6) is 5.88 Å². The van der Waals surface area contributed by atoms with E-state index in [9.17, 15) is 9.90 Å². The Balaban J connectivity index is 2.13. The number of imidazole rings is 1. The average molecular weight is 268 g/mol. The van der Waals surface area contributed by atoms with E-state index in [2.05, 4.69) is 21.5 Å². The number of nitrogens with zero attached hydrogens (tertiary/aromatic N) is 3. The van der Waals surface area contributed by atoms with E-state index in [1.165, 1.54) is 4.57 Å². The molecule has 0 atom stereocenters. The Hall–Kier alpha value is -2.89. The number of aromatic hydroxyl groups is 1. The van der Waals surface area contributed by atoms with Crippen LogP contribution in [0, 0.1) is 0 Å². The van der Waals surface area contributed by atoms with E-state index in [0.29, 0.717) is 18.1 Å². The zero-order valence-corrected chi connectivity index (χ0v) is 10.6. The fourth-order valence-electron chi connectivity index (χ4n) is 2.11. The first kappa shape index (κ1) is 12.2. The van der Waals surface area contributed by atoms with E-state index >= 15 is 0 Å². The lowest BCUT2D eigenvalue weighted by Gasteiger charge is -2.02. The SMILES string of the molecule is C=CCn1c(/C=C2/C=Nc3ncccc32)c(O)[nH]c1=O. The summed E-state index contributed by atoms with van der Waals surface area (Å²) in [6, 6.07) is 3.70. The van der Waals surface area contributed by atoms with Crippen LogP contribution in [0.3, 0.4) is 0 Å². The molecule has 0 spiro atoms. The summed E-state index contributed by atoms with van der Waals surface area (Å²) in [5, 5.41) is 9.83. The highest BCUT2D eigenvalue weighted by atomic mass is 16.3. The van der Waals surface area contributed by atoms with Gasteiger partial charge in [-0.3, -0.25) is 9.55 Å². The van der Waals surface area contributed by atoms with Gasteiger partial charge >= 0.3 is 5.69 Å². The van der Waals surface area contributed by atoms with Gasteiger partial charge in [0.2, 0.25) is 5.88 Å². The monoisotopic (exact) mass is 268 g/mol. The largest absolute Gasteiger partial charge is 0.493 e. The molecule has 3 rings (SSSR count). The Morgan fingerprint density at radius 1 is 1.50 bits per heavy atom. The quantitative estimate of drug-likeness (QED) is 0.831. The second-order valence-electron chi connectivity index (χ2n) is 4.30. The van der Waals surface area contributed by atoms with Crippen LogP contribution < -0.4 is 5.69 Å². The summed E-state index contributed by atoms with van der Waals surface area (Å²) in [6.45, 7) is 3.91. The molecular weight excluding hydrogens is 256 g/mol. The molecule has 0 saturated heterocycles. The minimum absolute atomic E-state index is 0.171. The van der Waals surface area contributed by atoms with Gasteiger partial charge in [-0.1, -0.05) is 6.08 Å². The molecule has 6 nitrogen and oxygen atoms in total. The van der Waals surface area contributed by atoms with E-state index in [1.807, 2.05) is 12.1 Å². The second-order valence-corrected chi connectivity index (χ2v) is 4.30. The van der Waals surface area contributed by atoms with E-state index < -0.39 is 0 Å². The number of allylic oxidation sites excluding steroid dienone is 2. The molecule has 0 unspecified atom stereocenters. The fraction of sp³-hybridized carbons (Fsp3) is 0.0714. The molecule has 0 aromatic carbocycles. The molecule has 2 aromatic heterocycles. The summed E-state index contributed by atoms with van der Waals surface area (Å²) >= 11 is 0. The molecule has 100 valence electrons. The second kappa shape index (κ2) is 4.65. The van der Waals surface area contributed by atoms with Crippen molar-refractivity contribution in [1.29, 1.82) is 0 Å². The Kier molecular flexibility index (Phi) is 2.83. The molecule has 0 radical (unpaired) electrons. The van der Waals surface area contributed by atoms with Crippen molar-refractivity contribution < 1.29 is 5.11 Å². The number of aromatic amines is 1. The molecule has 0 fully saturated rings. The smallest absolute Gasteiger partial charge is 0.329 e. The van der Waals surface area contributed by atoms with Crippen molar-refractivity contribution in [1.82, 2.24) is 14.5 Å². The Labute approximate surface area is 114 Å². The van der Waals surface area contributed by atoms with E-state index in [-0.39, 0.29) is 11.6 Å². The van der Waals surface area contributed by atoms with Crippen LogP contribution >= 0.6 is 0 Å². The topological polar surface area (TPSA) is 83.3 Å². The van der Waals surface area contributed by atoms with Crippen LogP contribution in [0.2, 0.25) is 0 Å². The highest BCUT2D eigenvalue weighted by Gasteiger charge is 2.16. The molecule has 2 aromatic rings. The Bertz CT molecular complexity index is 796. The molecule has 3 heterocycles. The van der Waals surface area contributed by atoms with Gasteiger partial charge in [0, 0.05) is 30.1 Å². The Morgan fingerprint density at radius 3 is 3.15 bits per heavy atom. The third-order valence-corrected chi connectivity index (χ3v) is 3.03. The highest BCUT2D eigenvalue weighted by molar-refractivity contribution is 6.20. The van der Waals surface area contributed by atoms with Crippen LogP contribution in [-0.4, -0.2) is 25.9 Å². The van der Waals surface area contributed by atoms with Gasteiger partial charge in [0.1, 0.15) is 5.69 Å². The number of fused-ring (bicyclic) bond motifs is 1. The van der Waals surface area contributed by atoms with Gasteiger partial charge in [0.15, 0.2) is 5.82 Å². The molecule has 0 bridgehead atoms. The minimum Gasteiger partial charge on any atom is -0.493 e. The van der Waals surface area contributed by atoms with Gasteiger partial charge in [0.25, 0.3) is 0 Å². The van der Waals surface area contributed by atoms with Crippen molar-refractivity contribution in [3.05, 3.63) is 52.7 Å². The molecule has 1 aliphatic rings. The maximum atomic E-state index is 11.7. The summed E-state index contributed by atoms with van der Waals surface area (Å²) in [5.41, 5.74) is 1.68. The highest BCUT2D eigenvalue weighted by Crippen LogP contribution is 2.31. The Morgan fingerprint density at radius 2 is 2.35 bits per heavy atom. The van der Waals surface area contributed by atoms with Gasteiger partial charge < -0.3 is 5.11 Å². The first-order valence-electron chi connectivity index (χ1n) is 6.04. The molecule has 0 aliphatic carbocycles. The lowest BCUT2D eigenvalue weighted by atomic mass is 10.1. The average Bonchev–Trinajstić information content (AvgIpc) is 2.96. The van der Waals surface area contributed by atoms with Crippen molar-refractivity contribution in [3.63, 3.8) is 0 Å². The standard InChI is InChI=1S/C14H12N4O2/c1-2-6-18-11(13(19)17-14(18)20)7-9-8-16-12-10(9)4-3-5-15-12/h2-5,7-8,19H,1,6H2,(H,17,20)/b9-7-. The van der Waals surface area contributed by atoms with Crippen LogP contribution in [0.4, 0.5) is 5.82 Å². The lowest BCUT2D eigenvalue weighted by Crippen LogP contribution is -2.16. The van der Waals surface area contributed by atoms with E-state index in [0.717, 1.165) is 11.1 Å². The first-order valence-corrected chi connectivity index (χ1v) is 6.04.